The number of anilines is 1. The lowest BCUT2D eigenvalue weighted by atomic mass is 9.67. The van der Waals surface area contributed by atoms with Gasteiger partial charge in [-0.1, -0.05) is 38.5 Å². The number of nitrogens with one attached hydrogen (secondary N) is 1. The van der Waals surface area contributed by atoms with Crippen LogP contribution < -0.4 is 5.32 Å². The summed E-state index contributed by atoms with van der Waals surface area (Å²) < 4.78 is 0. The highest BCUT2D eigenvalue weighted by molar-refractivity contribution is 5.95. The zero-order valence-electron chi connectivity index (χ0n) is 13.5. The number of carbonyl (C=O) groups excluding carboxylic acids is 2. The highest BCUT2D eigenvalue weighted by Gasteiger charge is 2.41. The van der Waals surface area contributed by atoms with Crippen molar-refractivity contribution in [3.05, 3.63) is 29.8 Å². The lowest BCUT2D eigenvalue weighted by molar-refractivity contribution is -0.136. The molecule has 2 aliphatic rings. The van der Waals surface area contributed by atoms with E-state index in [0.717, 1.165) is 37.8 Å². The van der Waals surface area contributed by atoms with Gasteiger partial charge in [0.25, 0.3) is 0 Å². The van der Waals surface area contributed by atoms with Crippen molar-refractivity contribution in [3.8, 4) is 0 Å². The molecule has 1 amide bonds. The van der Waals surface area contributed by atoms with Crippen LogP contribution in [0.2, 0.25) is 0 Å². The van der Waals surface area contributed by atoms with Gasteiger partial charge in [-0.05, 0) is 43.2 Å². The van der Waals surface area contributed by atoms with Crippen molar-refractivity contribution in [3.63, 3.8) is 0 Å². The van der Waals surface area contributed by atoms with Crippen molar-refractivity contribution in [1.82, 2.24) is 0 Å². The number of Topliss-reactive ketones (excluding diaryl/α,β-unsaturated/α-hetero) is 1. The molecule has 1 aromatic rings. The molecule has 3 rings (SSSR count). The van der Waals surface area contributed by atoms with Crippen LogP contribution in [0, 0.1) is 17.8 Å². The average Bonchev–Trinajstić information content (AvgIpc) is 2.47. The molecule has 0 heterocycles. The molecule has 3 nitrogen and oxygen atoms in total. The second-order valence-corrected chi connectivity index (χ2v) is 7.13. The summed E-state index contributed by atoms with van der Waals surface area (Å²) in [5.41, 5.74) is 2.09. The van der Waals surface area contributed by atoms with Crippen LogP contribution in [0.1, 0.15) is 57.4 Å². The molecule has 1 aromatic carbocycles. The summed E-state index contributed by atoms with van der Waals surface area (Å²) >= 11 is 0. The van der Waals surface area contributed by atoms with E-state index in [1.54, 1.807) is 0 Å². The molecule has 0 aliphatic heterocycles. The van der Waals surface area contributed by atoms with Crippen molar-refractivity contribution < 1.29 is 9.59 Å². The summed E-state index contributed by atoms with van der Waals surface area (Å²) in [4.78, 5) is 24.8. The van der Waals surface area contributed by atoms with Gasteiger partial charge in [-0.15, -0.1) is 0 Å². The molecule has 1 N–H and O–H groups in total. The van der Waals surface area contributed by atoms with Crippen LogP contribution in [-0.4, -0.2) is 11.7 Å². The highest BCUT2D eigenvalue weighted by atomic mass is 16.2. The topological polar surface area (TPSA) is 46.2 Å². The monoisotopic (exact) mass is 299 g/mol. The van der Waals surface area contributed by atoms with E-state index in [0.29, 0.717) is 11.7 Å². The Hall–Kier alpha value is -1.64. The van der Waals surface area contributed by atoms with E-state index in [9.17, 15) is 9.59 Å². The second-order valence-electron chi connectivity index (χ2n) is 7.13. The number of para-hydroxylation sites is 1. The molecule has 3 atom stereocenters. The average molecular weight is 299 g/mol. The van der Waals surface area contributed by atoms with Crippen LogP contribution >= 0.6 is 0 Å². The third kappa shape index (κ3) is 2.94. The molecule has 0 radical (unpaired) electrons. The van der Waals surface area contributed by atoms with E-state index >= 15 is 0 Å². The Morgan fingerprint density at radius 1 is 1.14 bits per heavy atom. The number of rotatable bonds is 3. The zero-order chi connectivity index (χ0) is 15.7. The van der Waals surface area contributed by atoms with Crippen molar-refractivity contribution in [2.75, 3.05) is 5.32 Å². The Balaban J connectivity index is 1.72. The normalized spacial score (nSPS) is 27.8. The molecule has 118 valence electrons. The minimum Gasteiger partial charge on any atom is -0.326 e. The molecule has 0 saturated heterocycles. The van der Waals surface area contributed by atoms with E-state index in [1.165, 1.54) is 5.56 Å². The first kappa shape index (κ1) is 15.3. The number of fused-ring (bicyclic) bond motifs is 2. The highest BCUT2D eigenvalue weighted by Crippen LogP contribution is 2.40. The molecule has 3 heteroatoms. The summed E-state index contributed by atoms with van der Waals surface area (Å²) in [7, 11) is 0. The van der Waals surface area contributed by atoms with Gasteiger partial charge < -0.3 is 5.32 Å². The number of amides is 1. The SMILES string of the molecule is CC(C)c1ccccc1NC(=O)C1C[C@H]2CCC[C@@H](C1)C2=O. The number of benzene rings is 1. The van der Waals surface area contributed by atoms with Crippen LogP contribution in [0.3, 0.4) is 0 Å². The summed E-state index contributed by atoms with van der Waals surface area (Å²) in [6, 6.07) is 8.01. The summed E-state index contributed by atoms with van der Waals surface area (Å²) in [6.07, 6.45) is 4.57. The first-order chi connectivity index (χ1) is 10.6. The predicted octanol–water partition coefficient (Wildman–Crippen LogP) is 4.14. The van der Waals surface area contributed by atoms with Crippen LogP contribution in [0.15, 0.2) is 24.3 Å². The van der Waals surface area contributed by atoms with E-state index in [1.807, 2.05) is 18.2 Å². The Bertz CT molecular complexity index is 563. The Kier molecular flexibility index (Phi) is 4.32. The van der Waals surface area contributed by atoms with Gasteiger partial charge in [0.2, 0.25) is 5.91 Å². The van der Waals surface area contributed by atoms with E-state index < -0.39 is 0 Å². The minimum atomic E-state index is -0.00628. The van der Waals surface area contributed by atoms with Crippen molar-refractivity contribution >= 4 is 17.4 Å². The van der Waals surface area contributed by atoms with Crippen LogP contribution in [0.5, 0.6) is 0 Å². The second kappa shape index (κ2) is 6.23. The fourth-order valence-corrected chi connectivity index (χ4v) is 4.04. The fourth-order valence-electron chi connectivity index (χ4n) is 4.04. The van der Waals surface area contributed by atoms with Gasteiger partial charge in [-0.25, -0.2) is 0 Å². The van der Waals surface area contributed by atoms with E-state index in [4.69, 9.17) is 0 Å². The number of hydrogen-bond acceptors (Lipinski definition) is 2. The van der Waals surface area contributed by atoms with Crippen molar-refractivity contribution in [1.29, 1.82) is 0 Å². The molecule has 0 aromatic heterocycles. The fraction of sp³-hybridized carbons (Fsp3) is 0.579. The van der Waals surface area contributed by atoms with Crippen LogP contribution in [0.25, 0.3) is 0 Å². The number of carbonyl (C=O) groups is 2. The van der Waals surface area contributed by atoms with Crippen LogP contribution in [0.4, 0.5) is 5.69 Å². The molecule has 22 heavy (non-hydrogen) atoms. The maximum atomic E-state index is 12.7. The third-order valence-electron chi connectivity index (χ3n) is 5.26. The van der Waals surface area contributed by atoms with Crippen molar-refractivity contribution in [2.24, 2.45) is 17.8 Å². The molecular weight excluding hydrogens is 274 g/mol. The Labute approximate surface area is 132 Å². The molecule has 1 unspecified atom stereocenters. The first-order valence-corrected chi connectivity index (χ1v) is 8.49. The third-order valence-corrected chi connectivity index (χ3v) is 5.26. The smallest absolute Gasteiger partial charge is 0.227 e. The number of hydrogen-bond donors (Lipinski definition) is 1. The Morgan fingerprint density at radius 3 is 2.41 bits per heavy atom. The largest absolute Gasteiger partial charge is 0.326 e. The van der Waals surface area contributed by atoms with Crippen LogP contribution in [-0.2, 0) is 9.59 Å². The standard InChI is InChI=1S/C19H25NO2/c1-12(2)16-8-3-4-9-17(16)20-19(22)15-10-13-6-5-7-14(11-15)18(13)21/h3-4,8-9,12-15H,5-7,10-11H2,1-2H3,(H,20,22)/t13-,14+,15?. The van der Waals surface area contributed by atoms with Gasteiger partial charge in [0.05, 0.1) is 0 Å². The minimum absolute atomic E-state index is 0.00628. The quantitative estimate of drug-likeness (QED) is 0.911. The van der Waals surface area contributed by atoms with Crippen molar-refractivity contribution in [2.45, 2.75) is 51.9 Å². The predicted molar refractivity (Wildman–Crippen MR) is 87.7 cm³/mol. The molecule has 2 aliphatic carbocycles. The first-order valence-electron chi connectivity index (χ1n) is 8.49. The summed E-state index contributed by atoms with van der Waals surface area (Å²) in [5, 5.41) is 3.12. The lowest BCUT2D eigenvalue weighted by Gasteiger charge is -2.37. The molecular formula is C19H25NO2. The maximum absolute atomic E-state index is 12.7. The summed E-state index contributed by atoms with van der Waals surface area (Å²) in [6.45, 7) is 4.27. The molecule has 2 saturated carbocycles. The van der Waals surface area contributed by atoms with Gasteiger partial charge in [-0.3, -0.25) is 9.59 Å². The van der Waals surface area contributed by atoms with Gasteiger partial charge in [0.1, 0.15) is 5.78 Å². The van der Waals surface area contributed by atoms with E-state index in [2.05, 4.69) is 25.2 Å². The Morgan fingerprint density at radius 2 is 1.77 bits per heavy atom. The molecule has 2 bridgehead atoms. The van der Waals surface area contributed by atoms with Gasteiger partial charge in [0.15, 0.2) is 0 Å². The lowest BCUT2D eigenvalue weighted by Crippen LogP contribution is -2.40. The van der Waals surface area contributed by atoms with E-state index in [-0.39, 0.29) is 23.7 Å². The molecule has 2 fully saturated rings. The maximum Gasteiger partial charge on any atom is 0.227 e. The van der Waals surface area contributed by atoms with Gasteiger partial charge in [0, 0.05) is 23.4 Å². The summed E-state index contributed by atoms with van der Waals surface area (Å²) in [5.74, 6) is 1.14. The number of ketones is 1. The zero-order valence-corrected chi connectivity index (χ0v) is 13.5. The van der Waals surface area contributed by atoms with Gasteiger partial charge in [-0.2, -0.15) is 0 Å². The molecule has 0 spiro atoms. The van der Waals surface area contributed by atoms with Gasteiger partial charge >= 0.3 is 0 Å².